The van der Waals surface area contributed by atoms with E-state index in [0.29, 0.717) is 5.75 Å². The van der Waals surface area contributed by atoms with E-state index < -0.39 is 6.10 Å². The van der Waals surface area contributed by atoms with Crippen molar-refractivity contribution in [1.29, 1.82) is 0 Å². The molecule has 1 saturated heterocycles. The summed E-state index contributed by atoms with van der Waals surface area (Å²) in [6.45, 7) is 11.2. The number of aliphatic hydroxyl groups excluding tert-OH is 1. The Balaban J connectivity index is 2.04. The van der Waals surface area contributed by atoms with E-state index in [4.69, 9.17) is 0 Å². The fourth-order valence-corrected chi connectivity index (χ4v) is 2.95. The Morgan fingerprint density at radius 1 is 1.19 bits per heavy atom. The average Bonchev–Trinajstić information content (AvgIpc) is 2.47. The fraction of sp³-hybridized carbons (Fsp3) is 0.647. The topological polar surface area (TPSA) is 55.7 Å². The lowest BCUT2D eigenvalue weighted by Gasteiger charge is -2.31. The summed E-state index contributed by atoms with van der Waals surface area (Å²) in [5, 5.41) is 23.8. The standard InChI is InChI=1S/C17H28N2O2/c1-12(2)15-10-14(4-5-16(15)20)17(21)13(3)11-19-8-6-18-7-9-19/h4-5,10,12-13,17-18,20-21H,6-9,11H2,1-3H3. The van der Waals surface area contributed by atoms with Crippen molar-refractivity contribution in [2.75, 3.05) is 32.7 Å². The van der Waals surface area contributed by atoms with Crippen LogP contribution in [0.1, 0.15) is 43.9 Å². The summed E-state index contributed by atoms with van der Waals surface area (Å²) in [7, 11) is 0. The molecule has 2 atom stereocenters. The molecular formula is C17H28N2O2. The van der Waals surface area contributed by atoms with Gasteiger partial charge in [-0.1, -0.05) is 26.8 Å². The highest BCUT2D eigenvalue weighted by atomic mass is 16.3. The van der Waals surface area contributed by atoms with E-state index in [1.54, 1.807) is 6.07 Å². The number of phenols is 1. The predicted molar refractivity (Wildman–Crippen MR) is 85.6 cm³/mol. The molecule has 1 aromatic carbocycles. The fourth-order valence-electron chi connectivity index (χ4n) is 2.95. The van der Waals surface area contributed by atoms with Crippen LogP contribution in [0, 0.1) is 5.92 Å². The Kier molecular flexibility index (Phi) is 5.62. The van der Waals surface area contributed by atoms with Crippen LogP contribution in [0.15, 0.2) is 18.2 Å². The normalized spacial score (nSPS) is 19.7. The number of benzene rings is 1. The van der Waals surface area contributed by atoms with Gasteiger partial charge in [-0.25, -0.2) is 0 Å². The van der Waals surface area contributed by atoms with Gasteiger partial charge in [-0.2, -0.15) is 0 Å². The first-order chi connectivity index (χ1) is 9.99. The third-order valence-electron chi connectivity index (χ3n) is 4.31. The van der Waals surface area contributed by atoms with Gasteiger partial charge >= 0.3 is 0 Å². The van der Waals surface area contributed by atoms with Crippen molar-refractivity contribution in [3.05, 3.63) is 29.3 Å². The zero-order valence-corrected chi connectivity index (χ0v) is 13.3. The summed E-state index contributed by atoms with van der Waals surface area (Å²) in [5.41, 5.74) is 1.81. The van der Waals surface area contributed by atoms with Crippen LogP contribution in [-0.2, 0) is 0 Å². The highest BCUT2D eigenvalue weighted by Crippen LogP contribution is 2.31. The van der Waals surface area contributed by atoms with Crippen LogP contribution in [0.25, 0.3) is 0 Å². The van der Waals surface area contributed by atoms with Crippen LogP contribution < -0.4 is 5.32 Å². The number of piperazine rings is 1. The molecule has 3 N–H and O–H groups in total. The smallest absolute Gasteiger partial charge is 0.119 e. The van der Waals surface area contributed by atoms with Crippen molar-refractivity contribution in [3.63, 3.8) is 0 Å². The predicted octanol–water partition coefficient (Wildman–Crippen LogP) is 2.09. The van der Waals surface area contributed by atoms with Gasteiger partial charge in [-0.05, 0) is 35.1 Å². The highest BCUT2D eigenvalue weighted by Gasteiger charge is 2.21. The van der Waals surface area contributed by atoms with Crippen LogP contribution in [0.5, 0.6) is 5.75 Å². The van der Waals surface area contributed by atoms with Gasteiger partial charge in [0.2, 0.25) is 0 Å². The first kappa shape index (κ1) is 16.3. The van der Waals surface area contributed by atoms with Crippen molar-refractivity contribution >= 4 is 0 Å². The van der Waals surface area contributed by atoms with Crippen LogP contribution in [0.2, 0.25) is 0 Å². The van der Waals surface area contributed by atoms with Crippen LogP contribution >= 0.6 is 0 Å². The summed E-state index contributed by atoms with van der Waals surface area (Å²) in [6, 6.07) is 5.48. The molecular weight excluding hydrogens is 264 g/mol. The number of hydrogen-bond acceptors (Lipinski definition) is 4. The largest absolute Gasteiger partial charge is 0.508 e. The first-order valence-electron chi connectivity index (χ1n) is 7.93. The molecule has 4 heteroatoms. The zero-order chi connectivity index (χ0) is 15.4. The van der Waals surface area contributed by atoms with Gasteiger partial charge in [0.05, 0.1) is 6.10 Å². The first-order valence-corrected chi connectivity index (χ1v) is 7.93. The van der Waals surface area contributed by atoms with E-state index in [1.165, 1.54) is 0 Å². The van der Waals surface area contributed by atoms with Gasteiger partial charge in [-0.3, -0.25) is 0 Å². The minimum absolute atomic E-state index is 0.174. The van der Waals surface area contributed by atoms with Crippen molar-refractivity contribution in [1.82, 2.24) is 10.2 Å². The minimum atomic E-state index is -0.488. The monoisotopic (exact) mass is 292 g/mol. The van der Waals surface area contributed by atoms with E-state index in [9.17, 15) is 10.2 Å². The van der Waals surface area contributed by atoms with E-state index >= 15 is 0 Å². The van der Waals surface area contributed by atoms with E-state index in [0.717, 1.165) is 43.9 Å². The second-order valence-electron chi connectivity index (χ2n) is 6.45. The van der Waals surface area contributed by atoms with Gasteiger partial charge in [-0.15, -0.1) is 0 Å². The number of nitrogens with one attached hydrogen (secondary N) is 1. The molecule has 0 saturated carbocycles. The lowest BCUT2D eigenvalue weighted by molar-refractivity contribution is 0.0841. The minimum Gasteiger partial charge on any atom is -0.508 e. The SMILES string of the molecule is CC(C)c1cc(C(O)C(C)CN2CCNCC2)ccc1O. The molecule has 2 rings (SSSR count). The van der Waals surface area contributed by atoms with Gasteiger partial charge in [0.15, 0.2) is 0 Å². The summed E-state index contributed by atoms with van der Waals surface area (Å²) in [6.07, 6.45) is -0.488. The van der Waals surface area contributed by atoms with E-state index in [-0.39, 0.29) is 11.8 Å². The number of rotatable bonds is 5. The number of aliphatic hydroxyl groups is 1. The molecule has 1 aliphatic rings. The van der Waals surface area contributed by atoms with Crippen LogP contribution in [-0.4, -0.2) is 47.8 Å². The maximum absolute atomic E-state index is 10.6. The molecule has 0 amide bonds. The molecule has 0 radical (unpaired) electrons. The number of aromatic hydroxyl groups is 1. The van der Waals surface area contributed by atoms with E-state index in [2.05, 4.69) is 31.0 Å². The number of hydrogen-bond donors (Lipinski definition) is 3. The number of phenolic OH excluding ortho intramolecular Hbond substituents is 1. The quantitative estimate of drug-likeness (QED) is 0.778. The molecule has 1 aromatic rings. The molecule has 0 aliphatic carbocycles. The van der Waals surface area contributed by atoms with Crippen molar-refractivity contribution < 1.29 is 10.2 Å². The lowest BCUT2D eigenvalue weighted by atomic mass is 9.92. The van der Waals surface area contributed by atoms with Gasteiger partial charge in [0, 0.05) is 32.7 Å². The second kappa shape index (κ2) is 7.25. The van der Waals surface area contributed by atoms with E-state index in [1.807, 2.05) is 12.1 Å². The van der Waals surface area contributed by atoms with Crippen molar-refractivity contribution in [2.24, 2.45) is 5.92 Å². The maximum atomic E-state index is 10.6. The summed E-state index contributed by atoms with van der Waals surface area (Å²) in [4.78, 5) is 2.40. The number of nitrogens with zero attached hydrogens (tertiary/aromatic N) is 1. The third-order valence-corrected chi connectivity index (χ3v) is 4.31. The molecule has 1 aliphatic heterocycles. The maximum Gasteiger partial charge on any atom is 0.119 e. The van der Waals surface area contributed by atoms with Crippen LogP contribution in [0.3, 0.4) is 0 Å². The molecule has 118 valence electrons. The lowest BCUT2D eigenvalue weighted by Crippen LogP contribution is -2.45. The molecule has 21 heavy (non-hydrogen) atoms. The Labute approximate surface area is 127 Å². The molecule has 4 nitrogen and oxygen atoms in total. The zero-order valence-electron chi connectivity index (χ0n) is 13.3. The highest BCUT2D eigenvalue weighted by molar-refractivity contribution is 5.39. The molecule has 1 heterocycles. The molecule has 2 unspecified atom stereocenters. The molecule has 0 bridgehead atoms. The molecule has 0 aromatic heterocycles. The van der Waals surface area contributed by atoms with Gasteiger partial charge < -0.3 is 20.4 Å². The Morgan fingerprint density at radius 2 is 1.86 bits per heavy atom. The Morgan fingerprint density at radius 3 is 2.48 bits per heavy atom. The summed E-state index contributed by atoms with van der Waals surface area (Å²) < 4.78 is 0. The third kappa shape index (κ3) is 4.19. The van der Waals surface area contributed by atoms with Crippen molar-refractivity contribution in [2.45, 2.75) is 32.8 Å². The van der Waals surface area contributed by atoms with Gasteiger partial charge in [0.25, 0.3) is 0 Å². The van der Waals surface area contributed by atoms with Crippen molar-refractivity contribution in [3.8, 4) is 5.75 Å². The summed E-state index contributed by atoms with van der Waals surface area (Å²) in [5.74, 6) is 0.740. The second-order valence-corrected chi connectivity index (χ2v) is 6.45. The summed E-state index contributed by atoms with van der Waals surface area (Å²) >= 11 is 0. The Hall–Kier alpha value is -1.10. The Bertz CT molecular complexity index is 456. The van der Waals surface area contributed by atoms with Crippen LogP contribution in [0.4, 0.5) is 0 Å². The average molecular weight is 292 g/mol. The molecule has 0 spiro atoms. The van der Waals surface area contributed by atoms with Gasteiger partial charge in [0.1, 0.15) is 5.75 Å². The molecule has 1 fully saturated rings.